The Morgan fingerprint density at radius 1 is 1.31 bits per heavy atom. The predicted molar refractivity (Wildman–Crippen MR) is 64.6 cm³/mol. The number of amides is 1. The lowest BCUT2D eigenvalue weighted by atomic mass is 10.2. The average Bonchev–Trinajstić information content (AvgIpc) is 2.29. The van der Waals surface area contributed by atoms with E-state index in [0.717, 1.165) is 18.5 Å². The number of hydrogen-bond donors (Lipinski definition) is 2. The van der Waals surface area contributed by atoms with E-state index in [1.807, 2.05) is 30.3 Å². The van der Waals surface area contributed by atoms with Crippen molar-refractivity contribution in [2.75, 3.05) is 13.1 Å². The molecule has 3 nitrogen and oxygen atoms in total. The molecule has 0 saturated heterocycles. The maximum atomic E-state index is 10.4. The Labute approximate surface area is 96.0 Å². The fourth-order valence-electron chi connectivity index (χ4n) is 1.21. The molecule has 3 N–H and O–H groups in total. The van der Waals surface area contributed by atoms with Gasteiger partial charge in [-0.3, -0.25) is 4.79 Å². The van der Waals surface area contributed by atoms with E-state index in [1.54, 1.807) is 0 Å². The molecule has 0 radical (unpaired) electrons. The van der Waals surface area contributed by atoms with E-state index in [2.05, 4.69) is 17.2 Å². The number of nitrogens with two attached hydrogens (primary N) is 1. The van der Waals surface area contributed by atoms with Gasteiger partial charge < -0.3 is 11.1 Å². The van der Waals surface area contributed by atoms with E-state index in [0.29, 0.717) is 13.0 Å². The van der Waals surface area contributed by atoms with Gasteiger partial charge in [0.15, 0.2) is 0 Å². The highest BCUT2D eigenvalue weighted by atomic mass is 16.1. The van der Waals surface area contributed by atoms with Crippen molar-refractivity contribution in [3.8, 4) is 11.8 Å². The minimum absolute atomic E-state index is 0.253. The lowest BCUT2D eigenvalue weighted by Gasteiger charge is -1.97. The van der Waals surface area contributed by atoms with E-state index in [-0.39, 0.29) is 5.91 Å². The molecule has 0 aliphatic rings. The summed E-state index contributed by atoms with van der Waals surface area (Å²) in [5.41, 5.74) is 6.03. The predicted octanol–water partition coefficient (Wildman–Crippen LogP) is 0.893. The van der Waals surface area contributed by atoms with E-state index >= 15 is 0 Å². The van der Waals surface area contributed by atoms with Crippen molar-refractivity contribution in [2.45, 2.75) is 12.8 Å². The van der Waals surface area contributed by atoms with Gasteiger partial charge in [-0.15, -0.1) is 0 Å². The zero-order valence-electron chi connectivity index (χ0n) is 9.20. The Kier molecular flexibility index (Phi) is 5.75. The van der Waals surface area contributed by atoms with Gasteiger partial charge in [0.1, 0.15) is 0 Å². The van der Waals surface area contributed by atoms with Crippen LogP contribution in [0.4, 0.5) is 0 Å². The first-order valence-electron chi connectivity index (χ1n) is 5.32. The first-order chi connectivity index (χ1) is 7.79. The van der Waals surface area contributed by atoms with E-state index in [4.69, 9.17) is 5.73 Å². The molecule has 0 bridgehead atoms. The fraction of sp³-hybridized carbons (Fsp3) is 0.308. The van der Waals surface area contributed by atoms with Crippen LogP contribution in [0.3, 0.4) is 0 Å². The van der Waals surface area contributed by atoms with Crippen molar-refractivity contribution in [2.24, 2.45) is 5.73 Å². The second-order valence-electron chi connectivity index (χ2n) is 3.41. The van der Waals surface area contributed by atoms with Crippen LogP contribution in [0.25, 0.3) is 0 Å². The van der Waals surface area contributed by atoms with Crippen LogP contribution in [0, 0.1) is 11.8 Å². The second-order valence-corrected chi connectivity index (χ2v) is 3.41. The van der Waals surface area contributed by atoms with Crippen molar-refractivity contribution in [3.63, 3.8) is 0 Å². The number of carbonyl (C=O) groups excluding carboxylic acids is 1. The van der Waals surface area contributed by atoms with Crippen LogP contribution in [0.5, 0.6) is 0 Å². The van der Waals surface area contributed by atoms with Crippen molar-refractivity contribution in [1.29, 1.82) is 0 Å². The third kappa shape index (κ3) is 5.84. The van der Waals surface area contributed by atoms with Crippen LogP contribution in [-0.4, -0.2) is 19.0 Å². The first-order valence-corrected chi connectivity index (χ1v) is 5.32. The van der Waals surface area contributed by atoms with Crippen LogP contribution < -0.4 is 11.1 Å². The minimum atomic E-state index is -0.253. The highest BCUT2D eigenvalue weighted by Gasteiger charge is 1.91. The number of nitrogens with one attached hydrogen (secondary N) is 1. The maximum Gasteiger partial charge on any atom is 0.217 e. The van der Waals surface area contributed by atoms with E-state index < -0.39 is 0 Å². The lowest BCUT2D eigenvalue weighted by molar-refractivity contribution is -0.118. The third-order valence-electron chi connectivity index (χ3n) is 2.00. The van der Waals surface area contributed by atoms with Gasteiger partial charge in [-0.2, -0.15) is 0 Å². The van der Waals surface area contributed by atoms with Crippen LogP contribution >= 0.6 is 0 Å². The topological polar surface area (TPSA) is 55.1 Å². The molecule has 1 amide bonds. The normalized spacial score (nSPS) is 9.25. The van der Waals surface area contributed by atoms with Crippen LogP contribution in [0.1, 0.15) is 18.4 Å². The van der Waals surface area contributed by atoms with Gasteiger partial charge in [0.2, 0.25) is 5.91 Å². The molecule has 84 valence electrons. The summed E-state index contributed by atoms with van der Waals surface area (Å²) in [5, 5.41) is 3.13. The average molecular weight is 216 g/mol. The molecule has 16 heavy (non-hydrogen) atoms. The van der Waals surface area contributed by atoms with Gasteiger partial charge in [0.25, 0.3) is 0 Å². The van der Waals surface area contributed by atoms with Crippen LogP contribution in [-0.2, 0) is 4.79 Å². The van der Waals surface area contributed by atoms with Crippen molar-refractivity contribution < 1.29 is 4.79 Å². The molecule has 0 spiro atoms. The molecule has 3 heteroatoms. The smallest absolute Gasteiger partial charge is 0.217 e. The standard InChI is InChI=1S/C13H16N2O/c14-13(16)9-5-11-15-10-4-8-12-6-2-1-3-7-12/h1-3,6-7,15H,5,9-11H2,(H2,14,16). The summed E-state index contributed by atoms with van der Waals surface area (Å²) in [6.45, 7) is 1.40. The van der Waals surface area contributed by atoms with E-state index in [1.165, 1.54) is 0 Å². The van der Waals surface area contributed by atoms with Gasteiger partial charge >= 0.3 is 0 Å². The fourth-order valence-corrected chi connectivity index (χ4v) is 1.21. The van der Waals surface area contributed by atoms with Crippen LogP contribution in [0.15, 0.2) is 30.3 Å². The molecule has 1 aromatic rings. The molecule has 0 aliphatic carbocycles. The zero-order valence-corrected chi connectivity index (χ0v) is 9.20. The van der Waals surface area contributed by atoms with Gasteiger partial charge in [-0.05, 0) is 25.1 Å². The summed E-state index contributed by atoms with van der Waals surface area (Å²) in [6.07, 6.45) is 1.20. The number of carbonyl (C=O) groups is 1. The molecule has 0 saturated carbocycles. The zero-order chi connectivity index (χ0) is 11.6. The number of rotatable bonds is 5. The van der Waals surface area contributed by atoms with Crippen LogP contribution in [0.2, 0.25) is 0 Å². The summed E-state index contributed by atoms with van der Waals surface area (Å²) in [4.78, 5) is 10.4. The number of primary amides is 1. The quantitative estimate of drug-likeness (QED) is 0.567. The molecule has 0 aromatic heterocycles. The molecule has 1 rings (SSSR count). The Balaban J connectivity index is 2.12. The molecular formula is C13H16N2O. The highest BCUT2D eigenvalue weighted by molar-refractivity contribution is 5.73. The molecule has 0 heterocycles. The molecule has 0 fully saturated rings. The minimum Gasteiger partial charge on any atom is -0.370 e. The maximum absolute atomic E-state index is 10.4. The summed E-state index contributed by atoms with van der Waals surface area (Å²) in [5.74, 6) is 5.80. The Morgan fingerprint density at radius 3 is 2.75 bits per heavy atom. The summed E-state index contributed by atoms with van der Waals surface area (Å²) in [6, 6.07) is 9.84. The summed E-state index contributed by atoms with van der Waals surface area (Å²) in [7, 11) is 0. The Hall–Kier alpha value is -1.79. The number of hydrogen-bond acceptors (Lipinski definition) is 2. The SMILES string of the molecule is NC(=O)CCCNCC#Cc1ccccc1. The lowest BCUT2D eigenvalue weighted by Crippen LogP contribution is -2.18. The summed E-state index contributed by atoms with van der Waals surface area (Å²) < 4.78 is 0. The molecule has 0 unspecified atom stereocenters. The Bertz CT molecular complexity index is 376. The van der Waals surface area contributed by atoms with Gasteiger partial charge in [-0.1, -0.05) is 30.0 Å². The molecule has 0 atom stereocenters. The summed E-state index contributed by atoms with van der Waals surface area (Å²) >= 11 is 0. The van der Waals surface area contributed by atoms with Gasteiger partial charge in [0, 0.05) is 12.0 Å². The molecule has 0 aliphatic heterocycles. The number of benzene rings is 1. The highest BCUT2D eigenvalue weighted by Crippen LogP contribution is 1.94. The van der Waals surface area contributed by atoms with Crippen molar-refractivity contribution >= 4 is 5.91 Å². The Morgan fingerprint density at radius 2 is 2.06 bits per heavy atom. The molecular weight excluding hydrogens is 200 g/mol. The third-order valence-corrected chi connectivity index (χ3v) is 2.00. The first kappa shape index (κ1) is 12.3. The molecule has 1 aromatic carbocycles. The monoisotopic (exact) mass is 216 g/mol. The van der Waals surface area contributed by atoms with Crippen molar-refractivity contribution in [3.05, 3.63) is 35.9 Å². The van der Waals surface area contributed by atoms with E-state index in [9.17, 15) is 4.79 Å². The van der Waals surface area contributed by atoms with Gasteiger partial charge in [-0.25, -0.2) is 0 Å². The van der Waals surface area contributed by atoms with Crippen molar-refractivity contribution in [1.82, 2.24) is 5.32 Å². The second kappa shape index (κ2) is 7.49. The van der Waals surface area contributed by atoms with Gasteiger partial charge in [0.05, 0.1) is 6.54 Å². The largest absolute Gasteiger partial charge is 0.370 e.